The number of nitrogens with zero attached hydrogens (tertiary/aromatic N) is 2. The third kappa shape index (κ3) is 13.2. The Morgan fingerprint density at radius 1 is 0.750 bits per heavy atom. The maximum absolute atomic E-state index is 10.7. The highest BCUT2D eigenvalue weighted by atomic mass is 16.5. The molecule has 5 heteroatoms. The lowest BCUT2D eigenvalue weighted by atomic mass is 10.0. The van der Waals surface area contributed by atoms with E-state index in [0.717, 1.165) is 49.4 Å². The zero-order valence-corrected chi connectivity index (χ0v) is 22.1. The Balaban J connectivity index is 1.47. The van der Waals surface area contributed by atoms with Crippen LogP contribution in [0.2, 0.25) is 0 Å². The molecule has 2 aromatic rings. The SMILES string of the molecule is C=C(CCCCCCCCCCCCOc1ccc(N=Nc2ccc(CCCC)cc2)cc1)C(=O)O. The van der Waals surface area contributed by atoms with Gasteiger partial charge in [-0.25, -0.2) is 4.79 Å². The van der Waals surface area contributed by atoms with Gasteiger partial charge in [0.25, 0.3) is 0 Å². The Kier molecular flexibility index (Phi) is 14.9. The quantitative estimate of drug-likeness (QED) is 0.114. The van der Waals surface area contributed by atoms with Crippen LogP contribution in [0, 0.1) is 0 Å². The Morgan fingerprint density at radius 3 is 1.78 bits per heavy atom. The molecule has 0 aliphatic carbocycles. The predicted molar refractivity (Wildman–Crippen MR) is 149 cm³/mol. The summed E-state index contributed by atoms with van der Waals surface area (Å²) < 4.78 is 5.87. The lowest BCUT2D eigenvalue weighted by molar-refractivity contribution is -0.132. The van der Waals surface area contributed by atoms with Gasteiger partial charge in [0, 0.05) is 5.57 Å². The average Bonchev–Trinajstić information content (AvgIpc) is 2.90. The molecule has 0 aliphatic heterocycles. The van der Waals surface area contributed by atoms with Crippen molar-refractivity contribution in [2.24, 2.45) is 10.2 Å². The predicted octanol–water partition coefficient (Wildman–Crippen LogP) is 9.76. The molecule has 0 bridgehead atoms. The van der Waals surface area contributed by atoms with Gasteiger partial charge >= 0.3 is 5.97 Å². The van der Waals surface area contributed by atoms with E-state index in [9.17, 15) is 4.79 Å². The third-order valence-corrected chi connectivity index (χ3v) is 6.32. The fourth-order valence-corrected chi connectivity index (χ4v) is 3.99. The van der Waals surface area contributed by atoms with Gasteiger partial charge < -0.3 is 9.84 Å². The van der Waals surface area contributed by atoms with Crippen LogP contribution in [0.1, 0.15) is 96.0 Å². The second kappa shape index (κ2) is 18.3. The smallest absolute Gasteiger partial charge is 0.330 e. The molecule has 0 unspecified atom stereocenters. The minimum absolute atomic E-state index is 0.331. The molecule has 0 amide bonds. The van der Waals surface area contributed by atoms with Crippen molar-refractivity contribution in [3.05, 3.63) is 66.2 Å². The van der Waals surface area contributed by atoms with Crippen molar-refractivity contribution >= 4 is 17.3 Å². The number of carboxylic acid groups (broad SMARTS) is 1. The Bertz CT molecular complexity index is 904. The summed E-state index contributed by atoms with van der Waals surface area (Å²) in [6.07, 6.45) is 16.0. The van der Waals surface area contributed by atoms with Crippen molar-refractivity contribution in [1.82, 2.24) is 0 Å². The van der Waals surface area contributed by atoms with Crippen LogP contribution in [0.5, 0.6) is 5.75 Å². The van der Waals surface area contributed by atoms with E-state index in [2.05, 4.69) is 35.9 Å². The van der Waals surface area contributed by atoms with E-state index in [-0.39, 0.29) is 0 Å². The monoisotopic (exact) mass is 492 g/mol. The number of azo groups is 1. The molecule has 0 heterocycles. The minimum atomic E-state index is -0.865. The van der Waals surface area contributed by atoms with Crippen LogP contribution in [-0.4, -0.2) is 17.7 Å². The number of carboxylic acids is 1. The standard InChI is InChI=1S/C31H44N2O3/c1-3-4-16-27-17-19-28(20-18-27)32-33-29-21-23-30(24-22-29)36-25-14-12-10-8-6-5-7-9-11-13-15-26(2)31(34)35/h17-24H,2-16,25H2,1H3,(H,34,35). The van der Waals surface area contributed by atoms with Crippen LogP contribution in [0.3, 0.4) is 0 Å². The number of hydrogen-bond acceptors (Lipinski definition) is 4. The van der Waals surface area contributed by atoms with Gasteiger partial charge in [-0.1, -0.05) is 83.4 Å². The second-order valence-corrected chi connectivity index (χ2v) is 9.51. The van der Waals surface area contributed by atoms with E-state index in [1.54, 1.807) is 0 Å². The number of carbonyl (C=O) groups is 1. The maximum Gasteiger partial charge on any atom is 0.330 e. The number of unbranched alkanes of at least 4 members (excludes halogenated alkanes) is 10. The molecule has 0 aromatic heterocycles. The van der Waals surface area contributed by atoms with E-state index < -0.39 is 5.97 Å². The van der Waals surface area contributed by atoms with Crippen molar-refractivity contribution in [1.29, 1.82) is 0 Å². The number of ether oxygens (including phenoxy) is 1. The van der Waals surface area contributed by atoms with Crippen LogP contribution >= 0.6 is 0 Å². The van der Waals surface area contributed by atoms with Crippen molar-refractivity contribution in [2.75, 3.05) is 6.61 Å². The molecule has 0 fully saturated rings. The van der Waals surface area contributed by atoms with Crippen LogP contribution in [0.4, 0.5) is 11.4 Å². The van der Waals surface area contributed by atoms with E-state index in [1.807, 2.05) is 36.4 Å². The fourth-order valence-electron chi connectivity index (χ4n) is 3.99. The molecule has 2 aromatic carbocycles. The highest BCUT2D eigenvalue weighted by Gasteiger charge is 2.02. The molecular formula is C31H44N2O3. The van der Waals surface area contributed by atoms with E-state index >= 15 is 0 Å². The Labute approximate surface area is 217 Å². The fraction of sp³-hybridized carbons (Fsp3) is 0.516. The van der Waals surface area contributed by atoms with Crippen molar-refractivity contribution in [3.63, 3.8) is 0 Å². The maximum atomic E-state index is 10.7. The molecule has 0 aliphatic rings. The first kappa shape index (κ1) is 29.3. The van der Waals surface area contributed by atoms with Crippen molar-refractivity contribution in [2.45, 2.75) is 96.8 Å². The molecule has 36 heavy (non-hydrogen) atoms. The van der Waals surface area contributed by atoms with Crippen molar-refractivity contribution < 1.29 is 14.6 Å². The Morgan fingerprint density at radius 2 is 1.25 bits per heavy atom. The summed E-state index contributed by atoms with van der Waals surface area (Å²) in [5, 5.41) is 17.5. The van der Waals surface area contributed by atoms with E-state index in [1.165, 1.54) is 63.4 Å². The summed E-state index contributed by atoms with van der Waals surface area (Å²) in [7, 11) is 0. The van der Waals surface area contributed by atoms with Crippen LogP contribution in [0.15, 0.2) is 70.9 Å². The molecule has 0 saturated heterocycles. The van der Waals surface area contributed by atoms with E-state index in [0.29, 0.717) is 12.0 Å². The van der Waals surface area contributed by atoms with Crippen LogP contribution < -0.4 is 4.74 Å². The average molecular weight is 493 g/mol. The molecule has 1 N–H and O–H groups in total. The molecular weight excluding hydrogens is 448 g/mol. The first-order valence-corrected chi connectivity index (χ1v) is 13.7. The Hall–Kier alpha value is -2.95. The first-order valence-electron chi connectivity index (χ1n) is 13.7. The number of rotatable bonds is 20. The number of benzene rings is 2. The second-order valence-electron chi connectivity index (χ2n) is 9.51. The summed E-state index contributed by atoms with van der Waals surface area (Å²) in [4.78, 5) is 10.7. The number of aryl methyl sites for hydroxylation is 1. The van der Waals surface area contributed by atoms with Crippen LogP contribution in [0.25, 0.3) is 0 Å². The number of aliphatic carboxylic acids is 1. The first-order chi connectivity index (χ1) is 17.6. The van der Waals surface area contributed by atoms with Gasteiger partial charge in [0.05, 0.1) is 18.0 Å². The van der Waals surface area contributed by atoms with E-state index in [4.69, 9.17) is 9.84 Å². The summed E-state index contributed by atoms with van der Waals surface area (Å²) in [6, 6.07) is 16.1. The highest BCUT2D eigenvalue weighted by Crippen LogP contribution is 2.22. The zero-order chi connectivity index (χ0) is 25.8. The molecule has 0 atom stereocenters. The van der Waals surface area contributed by atoms with Crippen molar-refractivity contribution in [3.8, 4) is 5.75 Å². The molecule has 2 rings (SSSR count). The van der Waals surface area contributed by atoms with Gasteiger partial charge in [-0.15, -0.1) is 0 Å². The van der Waals surface area contributed by atoms with Gasteiger partial charge in [-0.3, -0.25) is 0 Å². The van der Waals surface area contributed by atoms with Crippen LogP contribution in [-0.2, 0) is 11.2 Å². The molecule has 196 valence electrons. The third-order valence-electron chi connectivity index (χ3n) is 6.32. The number of hydrogen-bond donors (Lipinski definition) is 1. The summed E-state index contributed by atoms with van der Waals surface area (Å²) in [5.41, 5.74) is 3.37. The van der Waals surface area contributed by atoms with Gasteiger partial charge in [0.15, 0.2) is 0 Å². The minimum Gasteiger partial charge on any atom is -0.494 e. The summed E-state index contributed by atoms with van der Waals surface area (Å²) in [6.45, 7) is 6.52. The summed E-state index contributed by atoms with van der Waals surface area (Å²) >= 11 is 0. The van der Waals surface area contributed by atoms with Gasteiger partial charge in [0.1, 0.15) is 5.75 Å². The molecule has 5 nitrogen and oxygen atoms in total. The van der Waals surface area contributed by atoms with Gasteiger partial charge in [-0.2, -0.15) is 10.2 Å². The lowest BCUT2D eigenvalue weighted by Crippen LogP contribution is -1.98. The van der Waals surface area contributed by atoms with Gasteiger partial charge in [0.2, 0.25) is 0 Å². The highest BCUT2D eigenvalue weighted by molar-refractivity contribution is 5.85. The molecule has 0 radical (unpaired) electrons. The van der Waals surface area contributed by atoms with Gasteiger partial charge in [-0.05, 0) is 74.1 Å². The molecule has 0 saturated carbocycles. The topological polar surface area (TPSA) is 71.2 Å². The largest absolute Gasteiger partial charge is 0.494 e. The lowest BCUT2D eigenvalue weighted by Gasteiger charge is -2.06. The normalized spacial score (nSPS) is 11.1. The summed E-state index contributed by atoms with van der Waals surface area (Å²) in [5.74, 6) is 0.0113. The molecule has 0 spiro atoms. The zero-order valence-electron chi connectivity index (χ0n) is 22.1.